The van der Waals surface area contributed by atoms with Crippen molar-refractivity contribution in [2.24, 2.45) is 0 Å². The molecule has 12 heteroatoms. The van der Waals surface area contributed by atoms with Crippen LogP contribution in [-0.4, -0.2) is 23.0 Å². The predicted octanol–water partition coefficient (Wildman–Crippen LogP) is 4.72. The Hall–Kier alpha value is -3.63. The summed E-state index contributed by atoms with van der Waals surface area (Å²) in [4.78, 5) is 16.3. The highest BCUT2D eigenvalue weighted by molar-refractivity contribution is 7.93. The molecule has 4 rings (SSSR count). The minimum Gasteiger partial charge on any atom is -0.443 e. The van der Waals surface area contributed by atoms with Gasteiger partial charge in [0.05, 0.1) is 16.3 Å². The second-order valence-corrected chi connectivity index (χ2v) is 11.0. The number of halogens is 1. The van der Waals surface area contributed by atoms with E-state index < -0.39 is 20.0 Å². The predicted molar refractivity (Wildman–Crippen MR) is 130 cm³/mol. The van der Waals surface area contributed by atoms with Crippen molar-refractivity contribution in [3.8, 4) is 0 Å². The average molecular weight is 535 g/mol. The van der Waals surface area contributed by atoms with Crippen LogP contribution in [0.5, 0.6) is 0 Å². The van der Waals surface area contributed by atoms with Crippen molar-refractivity contribution in [2.45, 2.75) is 23.8 Å². The second-order valence-electron chi connectivity index (χ2n) is 7.29. The molecule has 0 saturated carbocycles. The molecule has 0 unspecified atom stereocenters. The van der Waals surface area contributed by atoms with Crippen LogP contribution in [0.3, 0.4) is 0 Å². The van der Waals surface area contributed by atoms with Crippen LogP contribution < -0.4 is 9.44 Å². The molecule has 0 amide bonds. The van der Waals surface area contributed by atoms with Crippen molar-refractivity contribution in [3.05, 3.63) is 82.9 Å². The Bertz CT molecular complexity index is 1610. The molecule has 1 heterocycles. The van der Waals surface area contributed by atoms with Crippen LogP contribution in [-0.2, 0) is 29.6 Å². The van der Waals surface area contributed by atoms with E-state index in [9.17, 15) is 16.8 Å². The van der Waals surface area contributed by atoms with E-state index in [0.717, 1.165) is 5.56 Å². The number of sulfonamides is 2. The third-order valence-corrected chi connectivity index (χ3v) is 7.95. The number of anilines is 2. The summed E-state index contributed by atoms with van der Waals surface area (Å²) >= 11 is 6.05. The van der Waals surface area contributed by atoms with Crippen LogP contribution in [0.1, 0.15) is 11.1 Å². The van der Waals surface area contributed by atoms with Crippen molar-refractivity contribution in [1.82, 2.24) is 0 Å². The quantitative estimate of drug-likeness (QED) is 0.364. The number of carbonyl (C=O) groups excluding carboxylic acids is 2. The zero-order valence-corrected chi connectivity index (χ0v) is 20.8. The third-order valence-electron chi connectivity index (χ3n) is 4.98. The van der Waals surface area contributed by atoms with Gasteiger partial charge >= 0.3 is 6.15 Å². The average Bonchev–Trinajstić information content (AvgIpc) is 3.23. The van der Waals surface area contributed by atoms with Gasteiger partial charge in [0.15, 0.2) is 0 Å². The summed E-state index contributed by atoms with van der Waals surface area (Å²) in [6.07, 6.45) is 0.250. The SMILES string of the molecule is Cc1cccc(S(=O)(=O)Nc2ccc(Cl)cc2NS(=O)(=O)c2cc3ccccc3o2)c1C.O=C=O. The van der Waals surface area contributed by atoms with E-state index in [1.54, 1.807) is 37.3 Å². The topological polar surface area (TPSA) is 140 Å². The lowest BCUT2D eigenvalue weighted by Crippen LogP contribution is -2.18. The molecule has 0 atom stereocenters. The Labute approximate surface area is 206 Å². The molecule has 2 N–H and O–H groups in total. The summed E-state index contributed by atoms with van der Waals surface area (Å²) in [5.74, 6) is 0. The smallest absolute Gasteiger partial charge is 0.373 e. The van der Waals surface area contributed by atoms with Gasteiger partial charge in [-0.05, 0) is 55.3 Å². The molecule has 9 nitrogen and oxygen atoms in total. The monoisotopic (exact) mass is 534 g/mol. The molecule has 182 valence electrons. The van der Waals surface area contributed by atoms with E-state index in [2.05, 4.69) is 9.44 Å². The minimum atomic E-state index is -4.16. The first kappa shape index (κ1) is 26.0. The Morgan fingerprint density at radius 2 is 1.46 bits per heavy atom. The van der Waals surface area contributed by atoms with Crippen LogP contribution in [0.2, 0.25) is 5.02 Å². The maximum absolute atomic E-state index is 13.0. The Morgan fingerprint density at radius 3 is 2.14 bits per heavy atom. The van der Waals surface area contributed by atoms with Crippen molar-refractivity contribution in [1.29, 1.82) is 0 Å². The summed E-state index contributed by atoms with van der Waals surface area (Å²) in [6, 6.07) is 17.4. The molecule has 0 bridgehead atoms. The third kappa shape index (κ3) is 5.90. The molecule has 4 aromatic rings. The van der Waals surface area contributed by atoms with Gasteiger partial charge in [0.1, 0.15) is 5.58 Å². The van der Waals surface area contributed by atoms with Gasteiger partial charge in [0, 0.05) is 16.5 Å². The molecule has 0 aliphatic carbocycles. The van der Waals surface area contributed by atoms with Gasteiger partial charge < -0.3 is 4.42 Å². The lowest BCUT2D eigenvalue weighted by molar-refractivity contribution is -0.191. The van der Waals surface area contributed by atoms with E-state index >= 15 is 0 Å². The number of nitrogens with one attached hydrogen (secondary N) is 2. The molecule has 0 aliphatic heterocycles. The van der Waals surface area contributed by atoms with Crippen LogP contribution >= 0.6 is 11.6 Å². The Kier molecular flexibility index (Phi) is 7.67. The standard InChI is InChI=1S/C22H19ClN2O5S2.CO2/c1-14-6-5-9-21(15(14)2)31(26,27)24-18-11-10-17(23)13-19(18)25-32(28,29)22-12-16-7-3-4-8-20(16)30-22;2-1-3/h3-13,24-25H,1-2H3;. The van der Waals surface area contributed by atoms with Crippen molar-refractivity contribution in [2.75, 3.05) is 9.44 Å². The number of rotatable bonds is 6. The fraction of sp³-hybridized carbons (Fsp3) is 0.0870. The summed E-state index contributed by atoms with van der Waals surface area (Å²) in [5, 5.41) is 0.541. The molecule has 1 aromatic heterocycles. The minimum absolute atomic E-state index is 0.0231. The molecular weight excluding hydrogens is 516 g/mol. The molecule has 0 spiro atoms. The summed E-state index contributed by atoms with van der Waals surface area (Å²) in [6.45, 7) is 3.51. The highest BCUT2D eigenvalue weighted by Crippen LogP contribution is 2.32. The van der Waals surface area contributed by atoms with Gasteiger partial charge in [-0.3, -0.25) is 9.44 Å². The molecule has 0 fully saturated rings. The number of para-hydroxylation sites is 1. The molecule has 0 saturated heterocycles. The molecular formula is C23H19ClN2O7S2. The number of hydrogen-bond acceptors (Lipinski definition) is 7. The molecule has 0 aliphatic rings. The van der Waals surface area contributed by atoms with Crippen LogP contribution in [0.25, 0.3) is 11.0 Å². The lowest BCUT2D eigenvalue weighted by atomic mass is 10.1. The Balaban J connectivity index is 0.00000108. The second kappa shape index (κ2) is 10.3. The van der Waals surface area contributed by atoms with E-state index in [1.165, 1.54) is 30.3 Å². The van der Waals surface area contributed by atoms with E-state index in [0.29, 0.717) is 16.5 Å². The van der Waals surface area contributed by atoms with Crippen LogP contribution in [0, 0.1) is 13.8 Å². The zero-order valence-electron chi connectivity index (χ0n) is 18.4. The van der Waals surface area contributed by atoms with Crippen molar-refractivity contribution in [3.63, 3.8) is 0 Å². The molecule has 35 heavy (non-hydrogen) atoms. The largest absolute Gasteiger partial charge is 0.443 e. The van der Waals surface area contributed by atoms with Crippen molar-refractivity contribution < 1.29 is 30.8 Å². The number of hydrogen-bond donors (Lipinski definition) is 2. The number of furan rings is 1. The van der Waals surface area contributed by atoms with E-state index in [1.807, 2.05) is 13.0 Å². The maximum atomic E-state index is 13.0. The number of fused-ring (bicyclic) bond motifs is 1. The first-order chi connectivity index (χ1) is 16.5. The van der Waals surface area contributed by atoms with Crippen molar-refractivity contribution >= 4 is 60.1 Å². The van der Waals surface area contributed by atoms with Crippen LogP contribution in [0.15, 0.2) is 81.1 Å². The van der Waals surface area contributed by atoms with Gasteiger partial charge in [-0.15, -0.1) is 0 Å². The van der Waals surface area contributed by atoms with Gasteiger partial charge in [0.25, 0.3) is 20.0 Å². The zero-order chi connectivity index (χ0) is 25.8. The maximum Gasteiger partial charge on any atom is 0.373 e. The first-order valence-corrected chi connectivity index (χ1v) is 13.2. The number of aryl methyl sites for hydroxylation is 1. The highest BCUT2D eigenvalue weighted by Gasteiger charge is 2.24. The fourth-order valence-corrected chi connectivity index (χ4v) is 5.80. The highest BCUT2D eigenvalue weighted by atomic mass is 35.5. The normalized spacial score (nSPS) is 11.3. The summed E-state index contributed by atoms with van der Waals surface area (Å²) < 4.78 is 62.2. The van der Waals surface area contributed by atoms with E-state index in [4.69, 9.17) is 25.6 Å². The lowest BCUT2D eigenvalue weighted by Gasteiger charge is -2.16. The molecule has 3 aromatic carbocycles. The van der Waals surface area contributed by atoms with Gasteiger partial charge in [-0.25, -0.2) is 8.42 Å². The number of benzene rings is 3. The fourth-order valence-electron chi connectivity index (χ4n) is 3.19. The summed E-state index contributed by atoms with van der Waals surface area (Å²) in [5.41, 5.74) is 1.81. The van der Waals surface area contributed by atoms with E-state index in [-0.39, 0.29) is 32.5 Å². The van der Waals surface area contributed by atoms with Gasteiger partial charge in [-0.2, -0.15) is 18.0 Å². The van der Waals surface area contributed by atoms with Gasteiger partial charge in [0.2, 0.25) is 5.09 Å². The van der Waals surface area contributed by atoms with Crippen LogP contribution in [0.4, 0.5) is 11.4 Å². The van der Waals surface area contributed by atoms with Gasteiger partial charge in [-0.1, -0.05) is 41.9 Å². The summed E-state index contributed by atoms with van der Waals surface area (Å²) in [7, 11) is -8.15. The first-order valence-electron chi connectivity index (χ1n) is 9.88. The Morgan fingerprint density at radius 1 is 0.800 bits per heavy atom. The molecule has 0 radical (unpaired) electrons.